The molecule has 0 aliphatic heterocycles. The molecule has 0 unspecified atom stereocenters. The molecule has 0 radical (unpaired) electrons. The number of aromatic nitrogens is 3. The third kappa shape index (κ3) is 6.26. The number of furan rings is 1. The molecule has 10 rings (SSSR count). The summed E-state index contributed by atoms with van der Waals surface area (Å²) in [4.78, 5) is 14.8. The van der Waals surface area contributed by atoms with Gasteiger partial charge in [-0.15, -0.1) is 0 Å². The standard InChI is InChI=1S/C51H33N3O/c1-5-14-34(15-6-1)41-30-42(35-16-7-2-8-17-35)32-43(31-41)36-24-26-37(27-25-36)44-22-13-23-45-46-33-40(28-29-47(46)55-48(44)45)51-53-49(38-18-9-3-10-19-38)52-50(54-51)39-20-11-4-12-21-39/h1-33H. The van der Waals surface area contributed by atoms with E-state index in [4.69, 9.17) is 19.4 Å². The van der Waals surface area contributed by atoms with Crippen molar-refractivity contribution in [3.63, 3.8) is 0 Å². The van der Waals surface area contributed by atoms with Gasteiger partial charge in [0.25, 0.3) is 0 Å². The summed E-state index contributed by atoms with van der Waals surface area (Å²) in [5.74, 6) is 1.88. The Balaban J connectivity index is 1.03. The molecule has 8 aromatic carbocycles. The fraction of sp³-hybridized carbons (Fsp3) is 0. The Kier molecular flexibility index (Phi) is 8.12. The van der Waals surface area contributed by atoms with Crippen LogP contribution in [-0.4, -0.2) is 15.0 Å². The fourth-order valence-corrected chi connectivity index (χ4v) is 7.33. The second-order valence-corrected chi connectivity index (χ2v) is 13.6. The van der Waals surface area contributed by atoms with Crippen molar-refractivity contribution in [1.29, 1.82) is 0 Å². The van der Waals surface area contributed by atoms with E-state index in [1.54, 1.807) is 0 Å². The second kappa shape index (κ2) is 13.8. The van der Waals surface area contributed by atoms with E-state index >= 15 is 0 Å². The van der Waals surface area contributed by atoms with Crippen LogP contribution < -0.4 is 0 Å². The molecular weight excluding hydrogens is 671 g/mol. The van der Waals surface area contributed by atoms with Crippen molar-refractivity contribution in [1.82, 2.24) is 15.0 Å². The zero-order chi connectivity index (χ0) is 36.6. The van der Waals surface area contributed by atoms with Crippen LogP contribution >= 0.6 is 0 Å². The number of hydrogen-bond acceptors (Lipinski definition) is 4. The lowest BCUT2D eigenvalue weighted by Crippen LogP contribution is -2.00. The number of fused-ring (bicyclic) bond motifs is 3. The van der Waals surface area contributed by atoms with Crippen molar-refractivity contribution in [2.45, 2.75) is 0 Å². The van der Waals surface area contributed by atoms with Crippen LogP contribution in [-0.2, 0) is 0 Å². The molecule has 0 aliphatic carbocycles. The average Bonchev–Trinajstić information content (AvgIpc) is 3.66. The number of benzene rings is 8. The van der Waals surface area contributed by atoms with Crippen molar-refractivity contribution < 1.29 is 4.42 Å². The van der Waals surface area contributed by atoms with Crippen molar-refractivity contribution in [2.24, 2.45) is 0 Å². The molecular formula is C51H33N3O. The molecule has 0 atom stereocenters. The highest BCUT2D eigenvalue weighted by Gasteiger charge is 2.17. The minimum Gasteiger partial charge on any atom is -0.455 e. The molecule has 0 spiro atoms. The first-order valence-electron chi connectivity index (χ1n) is 18.4. The maximum Gasteiger partial charge on any atom is 0.164 e. The predicted octanol–water partition coefficient (Wildman–Crippen LogP) is 13.4. The van der Waals surface area contributed by atoms with Gasteiger partial charge in [0, 0.05) is 33.0 Å². The molecule has 4 nitrogen and oxygen atoms in total. The molecule has 2 aromatic heterocycles. The maximum absolute atomic E-state index is 6.61. The summed E-state index contributed by atoms with van der Waals surface area (Å²) in [5, 5.41) is 2.06. The van der Waals surface area contributed by atoms with Gasteiger partial charge in [0.15, 0.2) is 17.5 Å². The SMILES string of the molecule is c1ccc(-c2cc(-c3ccccc3)cc(-c3ccc(-c4cccc5c4oc4ccc(-c6nc(-c7ccccc7)nc(-c7ccccc7)n6)cc45)cc3)c2)cc1. The summed E-state index contributed by atoms with van der Waals surface area (Å²) in [6, 6.07) is 69.5. The molecule has 4 heteroatoms. The Morgan fingerprint density at radius 1 is 0.273 bits per heavy atom. The van der Waals surface area contributed by atoms with E-state index in [2.05, 4.69) is 127 Å². The zero-order valence-corrected chi connectivity index (χ0v) is 29.8. The van der Waals surface area contributed by atoms with Crippen LogP contribution in [0.3, 0.4) is 0 Å². The summed E-state index contributed by atoms with van der Waals surface area (Å²) in [7, 11) is 0. The minimum atomic E-state index is 0.613. The molecule has 2 heterocycles. The highest BCUT2D eigenvalue weighted by Crippen LogP contribution is 2.39. The Hall–Kier alpha value is -7.43. The monoisotopic (exact) mass is 703 g/mol. The van der Waals surface area contributed by atoms with E-state index in [0.29, 0.717) is 17.5 Å². The van der Waals surface area contributed by atoms with Crippen molar-refractivity contribution >= 4 is 21.9 Å². The van der Waals surface area contributed by atoms with E-state index in [1.807, 2.05) is 72.8 Å². The molecule has 55 heavy (non-hydrogen) atoms. The van der Waals surface area contributed by atoms with Crippen molar-refractivity contribution in [2.75, 3.05) is 0 Å². The van der Waals surface area contributed by atoms with Gasteiger partial charge in [-0.05, 0) is 75.3 Å². The predicted molar refractivity (Wildman–Crippen MR) is 225 cm³/mol. The van der Waals surface area contributed by atoms with Gasteiger partial charge in [-0.1, -0.05) is 164 Å². The first-order chi connectivity index (χ1) is 27.2. The molecule has 0 amide bonds. The Labute approximate surface area is 319 Å². The van der Waals surface area contributed by atoms with Gasteiger partial charge in [0.05, 0.1) is 0 Å². The molecule has 0 N–H and O–H groups in total. The molecule has 0 fully saturated rings. The highest BCUT2D eigenvalue weighted by molar-refractivity contribution is 6.10. The first kappa shape index (κ1) is 32.2. The van der Waals surface area contributed by atoms with Gasteiger partial charge in [0.1, 0.15) is 11.2 Å². The van der Waals surface area contributed by atoms with E-state index < -0.39 is 0 Å². The maximum atomic E-state index is 6.61. The summed E-state index contributed by atoms with van der Waals surface area (Å²) < 4.78 is 6.61. The van der Waals surface area contributed by atoms with Gasteiger partial charge in [-0.25, -0.2) is 15.0 Å². The van der Waals surface area contributed by atoms with Gasteiger partial charge in [0.2, 0.25) is 0 Å². The zero-order valence-electron chi connectivity index (χ0n) is 29.8. The molecule has 0 saturated heterocycles. The Morgan fingerprint density at radius 2 is 0.691 bits per heavy atom. The first-order valence-corrected chi connectivity index (χ1v) is 18.4. The average molecular weight is 704 g/mol. The second-order valence-electron chi connectivity index (χ2n) is 13.6. The van der Waals surface area contributed by atoms with Crippen LogP contribution in [0.5, 0.6) is 0 Å². The number of hydrogen-bond donors (Lipinski definition) is 0. The summed E-state index contributed by atoms with van der Waals surface area (Å²) in [6.45, 7) is 0. The fourth-order valence-electron chi connectivity index (χ4n) is 7.33. The molecule has 0 saturated carbocycles. The lowest BCUT2D eigenvalue weighted by Gasteiger charge is -2.12. The van der Waals surface area contributed by atoms with E-state index in [-0.39, 0.29) is 0 Å². The number of rotatable bonds is 7. The van der Waals surface area contributed by atoms with Crippen LogP contribution in [0.1, 0.15) is 0 Å². The van der Waals surface area contributed by atoms with Gasteiger partial charge >= 0.3 is 0 Å². The topological polar surface area (TPSA) is 51.8 Å². The van der Waals surface area contributed by atoms with Crippen molar-refractivity contribution in [3.05, 3.63) is 200 Å². The van der Waals surface area contributed by atoms with Crippen LogP contribution in [0.2, 0.25) is 0 Å². The highest BCUT2D eigenvalue weighted by atomic mass is 16.3. The van der Waals surface area contributed by atoms with Crippen molar-refractivity contribution in [3.8, 4) is 78.7 Å². The van der Waals surface area contributed by atoms with E-state index in [0.717, 1.165) is 55.3 Å². The molecule has 10 aromatic rings. The van der Waals surface area contributed by atoms with Gasteiger partial charge in [-0.3, -0.25) is 0 Å². The Morgan fingerprint density at radius 3 is 1.20 bits per heavy atom. The normalized spacial score (nSPS) is 11.3. The third-order valence-corrected chi connectivity index (χ3v) is 10.1. The number of nitrogens with zero attached hydrogens (tertiary/aromatic N) is 3. The van der Waals surface area contributed by atoms with Crippen LogP contribution in [0.25, 0.3) is 101 Å². The molecule has 0 bridgehead atoms. The Bertz CT molecular complexity index is 2820. The van der Waals surface area contributed by atoms with Crippen LogP contribution in [0, 0.1) is 0 Å². The number of para-hydroxylation sites is 1. The quantitative estimate of drug-likeness (QED) is 0.166. The smallest absolute Gasteiger partial charge is 0.164 e. The van der Waals surface area contributed by atoms with Gasteiger partial charge < -0.3 is 4.42 Å². The third-order valence-electron chi connectivity index (χ3n) is 10.1. The molecule has 0 aliphatic rings. The van der Waals surface area contributed by atoms with Gasteiger partial charge in [-0.2, -0.15) is 0 Å². The largest absolute Gasteiger partial charge is 0.455 e. The summed E-state index contributed by atoms with van der Waals surface area (Å²) in [6.07, 6.45) is 0. The van der Waals surface area contributed by atoms with Crippen LogP contribution in [0.4, 0.5) is 0 Å². The van der Waals surface area contributed by atoms with E-state index in [9.17, 15) is 0 Å². The van der Waals surface area contributed by atoms with Crippen LogP contribution in [0.15, 0.2) is 205 Å². The minimum absolute atomic E-state index is 0.613. The molecule has 258 valence electrons. The lowest BCUT2D eigenvalue weighted by molar-refractivity contribution is 0.670. The summed E-state index contributed by atoms with van der Waals surface area (Å²) >= 11 is 0. The van der Waals surface area contributed by atoms with E-state index in [1.165, 1.54) is 27.8 Å². The lowest BCUT2D eigenvalue weighted by atomic mass is 9.92. The summed E-state index contributed by atoms with van der Waals surface area (Å²) in [5.41, 5.74) is 13.7.